The Bertz CT molecular complexity index is 812. The molecule has 0 saturated carbocycles. The first kappa shape index (κ1) is 14.2. The van der Waals surface area contributed by atoms with Crippen molar-refractivity contribution in [2.24, 2.45) is 0 Å². The molecule has 6 heteroatoms. The Kier molecular flexibility index (Phi) is 3.82. The van der Waals surface area contributed by atoms with E-state index in [1.54, 1.807) is 4.52 Å². The van der Waals surface area contributed by atoms with E-state index in [0.717, 1.165) is 29.7 Å². The number of benzene rings is 1. The molecule has 3 aromatic rings. The lowest BCUT2D eigenvalue weighted by atomic mass is 10.1. The first-order valence-electron chi connectivity index (χ1n) is 7.20. The second-order valence-corrected chi connectivity index (χ2v) is 5.09. The van der Waals surface area contributed by atoms with E-state index in [2.05, 4.69) is 22.2 Å². The highest BCUT2D eigenvalue weighted by Crippen LogP contribution is 2.21. The van der Waals surface area contributed by atoms with E-state index < -0.39 is 5.97 Å². The van der Waals surface area contributed by atoms with Crippen molar-refractivity contribution in [3.63, 3.8) is 0 Å². The van der Waals surface area contributed by atoms with Crippen molar-refractivity contribution in [3.8, 4) is 11.3 Å². The lowest BCUT2D eigenvalue weighted by Crippen LogP contribution is -2.08. The zero-order valence-electron chi connectivity index (χ0n) is 12.2. The van der Waals surface area contributed by atoms with Crippen molar-refractivity contribution >= 4 is 11.6 Å². The van der Waals surface area contributed by atoms with E-state index in [0.29, 0.717) is 11.5 Å². The van der Waals surface area contributed by atoms with Crippen LogP contribution in [0, 0.1) is 0 Å². The molecule has 22 heavy (non-hydrogen) atoms. The van der Waals surface area contributed by atoms with Gasteiger partial charge in [0.15, 0.2) is 11.5 Å². The standard InChI is InChI=1S/C16H16N4O2/c1-2-6-12-9-13(11-7-4-3-5-8-11)19-20-14(10-15(21)22)17-18-16(12)20/h3-5,7-9H,2,6,10H2,1H3,(H,21,22). The third-order valence-electron chi connectivity index (χ3n) is 3.41. The van der Waals surface area contributed by atoms with Crippen molar-refractivity contribution in [1.82, 2.24) is 19.8 Å². The maximum atomic E-state index is 11.0. The van der Waals surface area contributed by atoms with Crippen molar-refractivity contribution < 1.29 is 9.90 Å². The summed E-state index contributed by atoms with van der Waals surface area (Å²) >= 11 is 0. The quantitative estimate of drug-likeness (QED) is 0.781. The lowest BCUT2D eigenvalue weighted by Gasteiger charge is -2.07. The molecule has 0 fully saturated rings. The minimum Gasteiger partial charge on any atom is -0.481 e. The van der Waals surface area contributed by atoms with Gasteiger partial charge in [-0.05, 0) is 12.5 Å². The SMILES string of the molecule is CCCc1cc(-c2ccccc2)nn2c(CC(=O)O)nnc12. The molecule has 0 amide bonds. The fraction of sp³-hybridized carbons (Fsp3) is 0.250. The Hall–Kier alpha value is -2.76. The predicted octanol–water partition coefficient (Wildman–Crippen LogP) is 2.37. The van der Waals surface area contributed by atoms with Gasteiger partial charge >= 0.3 is 5.97 Å². The molecule has 3 rings (SSSR count). The molecular weight excluding hydrogens is 280 g/mol. The predicted molar refractivity (Wildman–Crippen MR) is 81.6 cm³/mol. The van der Waals surface area contributed by atoms with Crippen LogP contribution in [0.5, 0.6) is 0 Å². The molecule has 0 saturated heterocycles. The fourth-order valence-electron chi connectivity index (χ4n) is 2.43. The number of aryl methyl sites for hydroxylation is 1. The van der Waals surface area contributed by atoms with Crippen LogP contribution >= 0.6 is 0 Å². The minimum atomic E-state index is -0.946. The van der Waals surface area contributed by atoms with E-state index in [1.807, 2.05) is 36.4 Å². The summed E-state index contributed by atoms with van der Waals surface area (Å²) in [6.45, 7) is 2.09. The summed E-state index contributed by atoms with van der Waals surface area (Å²) in [5, 5.41) is 21.6. The molecule has 0 aliphatic carbocycles. The first-order valence-corrected chi connectivity index (χ1v) is 7.20. The first-order chi connectivity index (χ1) is 10.7. The van der Waals surface area contributed by atoms with Gasteiger partial charge in [-0.15, -0.1) is 10.2 Å². The van der Waals surface area contributed by atoms with Gasteiger partial charge < -0.3 is 5.11 Å². The Morgan fingerprint density at radius 1 is 1.23 bits per heavy atom. The second-order valence-electron chi connectivity index (χ2n) is 5.09. The van der Waals surface area contributed by atoms with Crippen LogP contribution in [0.2, 0.25) is 0 Å². The highest BCUT2D eigenvalue weighted by atomic mass is 16.4. The molecule has 1 N–H and O–H groups in total. The second kappa shape index (κ2) is 5.93. The number of nitrogens with zero attached hydrogens (tertiary/aromatic N) is 4. The van der Waals surface area contributed by atoms with Gasteiger partial charge in [0.25, 0.3) is 0 Å². The molecule has 0 bridgehead atoms. The zero-order chi connectivity index (χ0) is 15.5. The number of rotatable bonds is 5. The summed E-state index contributed by atoms with van der Waals surface area (Å²) in [5.74, 6) is -0.601. The van der Waals surface area contributed by atoms with Gasteiger partial charge in [0.2, 0.25) is 0 Å². The van der Waals surface area contributed by atoms with Crippen LogP contribution in [0.4, 0.5) is 0 Å². The average molecular weight is 296 g/mol. The number of hydrogen-bond acceptors (Lipinski definition) is 4. The maximum absolute atomic E-state index is 11.0. The maximum Gasteiger partial charge on any atom is 0.311 e. The van der Waals surface area contributed by atoms with Gasteiger partial charge in [-0.3, -0.25) is 4.79 Å². The number of hydrogen-bond donors (Lipinski definition) is 1. The monoisotopic (exact) mass is 296 g/mol. The van der Waals surface area contributed by atoms with Crippen molar-refractivity contribution in [2.75, 3.05) is 0 Å². The summed E-state index contributed by atoms with van der Waals surface area (Å²) < 4.78 is 1.56. The molecular formula is C16H16N4O2. The van der Waals surface area contributed by atoms with Gasteiger partial charge in [0.1, 0.15) is 6.42 Å². The van der Waals surface area contributed by atoms with Crippen molar-refractivity contribution in [3.05, 3.63) is 47.8 Å². The fourth-order valence-corrected chi connectivity index (χ4v) is 2.43. The van der Waals surface area contributed by atoms with E-state index in [9.17, 15) is 4.79 Å². The van der Waals surface area contributed by atoms with E-state index in [-0.39, 0.29) is 6.42 Å². The lowest BCUT2D eigenvalue weighted by molar-refractivity contribution is -0.136. The molecule has 1 aromatic carbocycles. The normalized spacial score (nSPS) is 11.0. The molecule has 0 aliphatic rings. The molecule has 0 radical (unpaired) electrons. The Morgan fingerprint density at radius 2 is 2.00 bits per heavy atom. The van der Waals surface area contributed by atoms with Crippen molar-refractivity contribution in [2.45, 2.75) is 26.2 Å². The van der Waals surface area contributed by atoms with E-state index in [4.69, 9.17) is 5.11 Å². The number of fused-ring (bicyclic) bond motifs is 1. The molecule has 2 aromatic heterocycles. The minimum absolute atomic E-state index is 0.196. The summed E-state index contributed by atoms with van der Waals surface area (Å²) in [6, 6.07) is 11.8. The van der Waals surface area contributed by atoms with Crippen molar-refractivity contribution in [1.29, 1.82) is 0 Å². The average Bonchev–Trinajstić information content (AvgIpc) is 2.91. The molecule has 0 unspecified atom stereocenters. The number of aliphatic carboxylic acids is 1. The van der Waals surface area contributed by atoms with E-state index >= 15 is 0 Å². The topological polar surface area (TPSA) is 80.4 Å². The Morgan fingerprint density at radius 3 is 2.68 bits per heavy atom. The van der Waals surface area contributed by atoms with Gasteiger partial charge in [-0.25, -0.2) is 0 Å². The van der Waals surface area contributed by atoms with E-state index in [1.165, 1.54) is 0 Å². The number of carboxylic acid groups (broad SMARTS) is 1. The number of carbonyl (C=O) groups is 1. The third-order valence-corrected chi connectivity index (χ3v) is 3.41. The third kappa shape index (κ3) is 2.67. The summed E-state index contributed by atoms with van der Waals surface area (Å²) in [7, 11) is 0. The Balaban J connectivity index is 2.19. The van der Waals surface area contributed by atoms with Crippen LogP contribution in [0.1, 0.15) is 24.7 Å². The van der Waals surface area contributed by atoms with Crippen LogP contribution < -0.4 is 0 Å². The summed E-state index contributed by atoms with van der Waals surface area (Å²) in [4.78, 5) is 11.0. The highest BCUT2D eigenvalue weighted by molar-refractivity contribution is 5.70. The van der Waals surface area contributed by atoms with Gasteiger partial charge in [-0.2, -0.15) is 9.61 Å². The largest absolute Gasteiger partial charge is 0.481 e. The van der Waals surface area contributed by atoms with Crippen LogP contribution in [-0.4, -0.2) is 30.9 Å². The molecule has 0 atom stereocenters. The van der Waals surface area contributed by atoms with Gasteiger partial charge in [0.05, 0.1) is 5.69 Å². The molecule has 0 spiro atoms. The molecule has 6 nitrogen and oxygen atoms in total. The summed E-state index contributed by atoms with van der Waals surface area (Å²) in [5.41, 5.74) is 3.44. The van der Waals surface area contributed by atoms with Crippen LogP contribution in [0.25, 0.3) is 16.9 Å². The molecule has 112 valence electrons. The molecule has 0 aliphatic heterocycles. The van der Waals surface area contributed by atoms with Gasteiger partial charge in [-0.1, -0.05) is 43.7 Å². The zero-order valence-corrected chi connectivity index (χ0v) is 12.2. The smallest absolute Gasteiger partial charge is 0.311 e. The van der Waals surface area contributed by atoms with Crippen LogP contribution in [0.15, 0.2) is 36.4 Å². The van der Waals surface area contributed by atoms with Gasteiger partial charge in [0, 0.05) is 11.1 Å². The number of carboxylic acids is 1. The molecule has 2 heterocycles. The Labute approximate surface area is 127 Å². The summed E-state index contributed by atoms with van der Waals surface area (Å²) in [6.07, 6.45) is 1.62. The number of aromatic nitrogens is 4. The van der Waals surface area contributed by atoms with Crippen LogP contribution in [-0.2, 0) is 17.6 Å². The highest BCUT2D eigenvalue weighted by Gasteiger charge is 2.15. The van der Waals surface area contributed by atoms with Crippen LogP contribution in [0.3, 0.4) is 0 Å².